The van der Waals surface area contributed by atoms with E-state index in [0.29, 0.717) is 0 Å². The Labute approximate surface area is 113 Å². The molecule has 104 valence electrons. The van der Waals surface area contributed by atoms with E-state index >= 15 is 0 Å². The molecule has 0 radical (unpaired) electrons. The molecule has 0 bridgehead atoms. The number of benzene rings is 1. The SMILES string of the molecule is CCc1ccc(C2OC(C)C(C(=O)O)NC2C)cc1. The van der Waals surface area contributed by atoms with Crippen molar-refractivity contribution >= 4 is 5.97 Å². The fourth-order valence-corrected chi connectivity index (χ4v) is 2.52. The maximum atomic E-state index is 11.1. The molecule has 1 saturated heterocycles. The van der Waals surface area contributed by atoms with Crippen LogP contribution in [0.25, 0.3) is 0 Å². The summed E-state index contributed by atoms with van der Waals surface area (Å²) in [6.45, 7) is 5.88. The zero-order valence-corrected chi connectivity index (χ0v) is 11.6. The summed E-state index contributed by atoms with van der Waals surface area (Å²) in [5.74, 6) is -0.862. The van der Waals surface area contributed by atoms with Crippen molar-refractivity contribution in [2.75, 3.05) is 0 Å². The van der Waals surface area contributed by atoms with Crippen LogP contribution in [0.3, 0.4) is 0 Å². The predicted octanol–water partition coefficient (Wildman–Crippen LogP) is 2.14. The highest BCUT2D eigenvalue weighted by molar-refractivity contribution is 5.74. The molecule has 1 aliphatic rings. The van der Waals surface area contributed by atoms with E-state index in [1.807, 2.05) is 6.92 Å². The van der Waals surface area contributed by atoms with Crippen LogP contribution in [0.5, 0.6) is 0 Å². The van der Waals surface area contributed by atoms with Crippen molar-refractivity contribution in [2.24, 2.45) is 0 Å². The number of hydrogen-bond donors (Lipinski definition) is 2. The van der Waals surface area contributed by atoms with Crippen molar-refractivity contribution in [3.05, 3.63) is 35.4 Å². The second kappa shape index (κ2) is 5.72. The fourth-order valence-electron chi connectivity index (χ4n) is 2.52. The lowest BCUT2D eigenvalue weighted by atomic mass is 9.97. The van der Waals surface area contributed by atoms with Gasteiger partial charge in [0.25, 0.3) is 0 Å². The smallest absolute Gasteiger partial charge is 0.323 e. The Morgan fingerprint density at radius 1 is 1.32 bits per heavy atom. The molecule has 0 spiro atoms. The average molecular weight is 263 g/mol. The zero-order chi connectivity index (χ0) is 14.0. The van der Waals surface area contributed by atoms with Gasteiger partial charge in [0.2, 0.25) is 0 Å². The van der Waals surface area contributed by atoms with Crippen LogP contribution in [0.1, 0.15) is 38.0 Å². The van der Waals surface area contributed by atoms with Gasteiger partial charge in [-0.25, -0.2) is 0 Å². The monoisotopic (exact) mass is 263 g/mol. The highest BCUT2D eigenvalue weighted by Gasteiger charge is 2.37. The van der Waals surface area contributed by atoms with Crippen LogP contribution in [-0.4, -0.2) is 29.3 Å². The van der Waals surface area contributed by atoms with Crippen LogP contribution < -0.4 is 5.32 Å². The second-order valence-electron chi connectivity index (χ2n) is 5.13. The maximum Gasteiger partial charge on any atom is 0.323 e. The summed E-state index contributed by atoms with van der Waals surface area (Å²) in [5.41, 5.74) is 2.38. The number of carboxylic acids is 1. The lowest BCUT2D eigenvalue weighted by Crippen LogP contribution is -2.56. The van der Waals surface area contributed by atoms with E-state index < -0.39 is 12.0 Å². The Morgan fingerprint density at radius 3 is 2.47 bits per heavy atom. The number of nitrogens with one attached hydrogen (secondary N) is 1. The summed E-state index contributed by atoms with van der Waals surface area (Å²) in [4.78, 5) is 11.1. The summed E-state index contributed by atoms with van der Waals surface area (Å²) in [7, 11) is 0. The Balaban J connectivity index is 2.14. The van der Waals surface area contributed by atoms with Crippen LogP contribution >= 0.6 is 0 Å². The number of ether oxygens (including phenoxy) is 1. The molecule has 1 heterocycles. The normalized spacial score (nSPS) is 31.1. The first kappa shape index (κ1) is 14.0. The molecule has 0 saturated carbocycles. The fraction of sp³-hybridized carbons (Fsp3) is 0.533. The standard InChI is InChI=1S/C15H21NO3/c1-4-11-5-7-12(8-6-11)14-9(2)16-13(15(17)18)10(3)19-14/h5-10,13-14,16H,4H2,1-3H3,(H,17,18). The second-order valence-corrected chi connectivity index (χ2v) is 5.13. The third-order valence-corrected chi connectivity index (χ3v) is 3.71. The zero-order valence-electron chi connectivity index (χ0n) is 11.6. The third-order valence-electron chi connectivity index (χ3n) is 3.71. The highest BCUT2D eigenvalue weighted by atomic mass is 16.5. The third kappa shape index (κ3) is 2.96. The minimum absolute atomic E-state index is 0.0234. The minimum Gasteiger partial charge on any atom is -0.480 e. The number of rotatable bonds is 3. The molecule has 0 amide bonds. The van der Waals surface area contributed by atoms with Gasteiger partial charge in [0.15, 0.2) is 0 Å². The van der Waals surface area contributed by atoms with Crippen LogP contribution in [0.4, 0.5) is 0 Å². The Hall–Kier alpha value is -1.39. The van der Waals surface area contributed by atoms with Crippen LogP contribution in [0, 0.1) is 0 Å². The van der Waals surface area contributed by atoms with Gasteiger partial charge in [0.05, 0.1) is 12.2 Å². The lowest BCUT2D eigenvalue weighted by molar-refractivity contribution is -0.152. The molecule has 2 rings (SSSR count). The molecular weight excluding hydrogens is 242 g/mol. The summed E-state index contributed by atoms with van der Waals surface area (Å²) in [6, 6.07) is 7.66. The van der Waals surface area contributed by atoms with Gasteiger partial charge in [0.1, 0.15) is 6.04 Å². The summed E-state index contributed by atoms with van der Waals surface area (Å²) in [5, 5.41) is 12.2. The van der Waals surface area contributed by atoms with Crippen LogP contribution in [-0.2, 0) is 16.0 Å². The molecule has 1 fully saturated rings. The van der Waals surface area contributed by atoms with E-state index in [-0.39, 0.29) is 18.2 Å². The van der Waals surface area contributed by atoms with Gasteiger partial charge in [-0.3, -0.25) is 10.1 Å². The van der Waals surface area contributed by atoms with E-state index in [4.69, 9.17) is 9.84 Å². The summed E-state index contributed by atoms with van der Waals surface area (Å²) >= 11 is 0. The van der Waals surface area contributed by atoms with E-state index in [2.05, 4.69) is 36.5 Å². The minimum atomic E-state index is -0.862. The topological polar surface area (TPSA) is 58.6 Å². The van der Waals surface area contributed by atoms with Crippen molar-refractivity contribution in [3.63, 3.8) is 0 Å². The molecule has 0 aromatic heterocycles. The number of carbonyl (C=O) groups is 1. The lowest BCUT2D eigenvalue weighted by Gasteiger charge is -2.38. The molecule has 4 atom stereocenters. The number of morpholine rings is 1. The summed E-state index contributed by atoms with van der Waals surface area (Å²) in [6.07, 6.45) is 0.568. The Morgan fingerprint density at radius 2 is 1.95 bits per heavy atom. The number of aliphatic carboxylic acids is 1. The van der Waals surface area contributed by atoms with Crippen molar-refractivity contribution in [2.45, 2.75) is 51.5 Å². The molecule has 4 heteroatoms. The Bertz CT molecular complexity index is 443. The molecule has 4 unspecified atom stereocenters. The average Bonchev–Trinajstić information content (AvgIpc) is 2.41. The van der Waals surface area contributed by atoms with Crippen molar-refractivity contribution in [1.82, 2.24) is 5.32 Å². The largest absolute Gasteiger partial charge is 0.480 e. The van der Waals surface area contributed by atoms with E-state index in [9.17, 15) is 4.79 Å². The van der Waals surface area contributed by atoms with Crippen molar-refractivity contribution in [1.29, 1.82) is 0 Å². The number of aryl methyl sites for hydroxylation is 1. The molecule has 2 N–H and O–H groups in total. The Kier molecular flexibility index (Phi) is 4.22. The van der Waals surface area contributed by atoms with E-state index in [0.717, 1.165) is 12.0 Å². The van der Waals surface area contributed by atoms with Crippen LogP contribution in [0.2, 0.25) is 0 Å². The number of hydrogen-bond acceptors (Lipinski definition) is 3. The predicted molar refractivity (Wildman–Crippen MR) is 73.1 cm³/mol. The molecular formula is C15H21NO3. The molecule has 4 nitrogen and oxygen atoms in total. The molecule has 0 aliphatic carbocycles. The van der Waals surface area contributed by atoms with Crippen molar-refractivity contribution < 1.29 is 14.6 Å². The van der Waals surface area contributed by atoms with Gasteiger partial charge in [0, 0.05) is 6.04 Å². The van der Waals surface area contributed by atoms with Gasteiger partial charge >= 0.3 is 5.97 Å². The molecule has 1 aliphatic heterocycles. The molecule has 1 aromatic carbocycles. The van der Waals surface area contributed by atoms with E-state index in [1.54, 1.807) is 6.92 Å². The van der Waals surface area contributed by atoms with E-state index in [1.165, 1.54) is 5.56 Å². The molecule has 1 aromatic rings. The van der Waals surface area contributed by atoms with Gasteiger partial charge in [-0.05, 0) is 31.4 Å². The molecule has 19 heavy (non-hydrogen) atoms. The summed E-state index contributed by atoms with van der Waals surface area (Å²) < 4.78 is 5.89. The maximum absolute atomic E-state index is 11.1. The quantitative estimate of drug-likeness (QED) is 0.877. The highest BCUT2D eigenvalue weighted by Crippen LogP contribution is 2.28. The number of carboxylic acid groups (broad SMARTS) is 1. The van der Waals surface area contributed by atoms with Crippen LogP contribution in [0.15, 0.2) is 24.3 Å². The first-order chi connectivity index (χ1) is 9.02. The van der Waals surface area contributed by atoms with Gasteiger partial charge in [-0.2, -0.15) is 0 Å². The first-order valence-corrected chi connectivity index (χ1v) is 6.76. The van der Waals surface area contributed by atoms with Gasteiger partial charge in [-0.15, -0.1) is 0 Å². The first-order valence-electron chi connectivity index (χ1n) is 6.76. The van der Waals surface area contributed by atoms with Gasteiger partial charge < -0.3 is 9.84 Å². The van der Waals surface area contributed by atoms with Crippen molar-refractivity contribution in [3.8, 4) is 0 Å². The van der Waals surface area contributed by atoms with Gasteiger partial charge in [-0.1, -0.05) is 31.2 Å².